The molecule has 2 fully saturated rings. The van der Waals surface area contributed by atoms with E-state index in [1.54, 1.807) is 12.1 Å². The van der Waals surface area contributed by atoms with E-state index in [1.165, 1.54) is 24.9 Å². The Labute approximate surface area is 126 Å². The molecular formula is C17H25FN2O. The van der Waals surface area contributed by atoms with Gasteiger partial charge in [0.1, 0.15) is 5.82 Å². The Hall–Kier alpha value is -0.970. The molecule has 1 aromatic carbocycles. The topological polar surface area (TPSA) is 15.7 Å². The smallest absolute Gasteiger partial charge is 0.123 e. The number of benzene rings is 1. The van der Waals surface area contributed by atoms with Crippen molar-refractivity contribution in [3.63, 3.8) is 0 Å². The lowest BCUT2D eigenvalue weighted by molar-refractivity contribution is 0.0242. The van der Waals surface area contributed by atoms with Gasteiger partial charge < -0.3 is 4.74 Å². The molecular weight excluding hydrogens is 267 g/mol. The van der Waals surface area contributed by atoms with E-state index in [0.29, 0.717) is 0 Å². The van der Waals surface area contributed by atoms with E-state index in [9.17, 15) is 4.39 Å². The highest BCUT2D eigenvalue weighted by Gasteiger charge is 2.22. The maximum Gasteiger partial charge on any atom is 0.123 e. The van der Waals surface area contributed by atoms with Crippen molar-refractivity contribution in [2.75, 3.05) is 45.9 Å². The Morgan fingerprint density at radius 1 is 0.952 bits per heavy atom. The maximum atomic E-state index is 12.9. The highest BCUT2D eigenvalue weighted by atomic mass is 19.1. The zero-order valence-corrected chi connectivity index (χ0v) is 12.6. The molecule has 116 valence electrons. The van der Waals surface area contributed by atoms with Gasteiger partial charge in [0.05, 0.1) is 13.2 Å². The molecule has 3 rings (SSSR count). The summed E-state index contributed by atoms with van der Waals surface area (Å²) in [6, 6.07) is 6.91. The zero-order chi connectivity index (χ0) is 14.5. The minimum atomic E-state index is -0.150. The van der Waals surface area contributed by atoms with E-state index in [-0.39, 0.29) is 5.82 Å². The van der Waals surface area contributed by atoms with Crippen LogP contribution in [0.25, 0.3) is 0 Å². The Morgan fingerprint density at radius 2 is 1.62 bits per heavy atom. The summed E-state index contributed by atoms with van der Waals surface area (Å²) in [5.74, 6) is 0.676. The van der Waals surface area contributed by atoms with Crippen LogP contribution in [0, 0.1) is 11.7 Å². The van der Waals surface area contributed by atoms with Gasteiger partial charge in [-0.2, -0.15) is 0 Å². The van der Waals surface area contributed by atoms with Crippen molar-refractivity contribution in [1.82, 2.24) is 9.80 Å². The summed E-state index contributed by atoms with van der Waals surface area (Å²) in [6.45, 7) is 8.47. The lowest BCUT2D eigenvalue weighted by Crippen LogP contribution is -2.42. The molecule has 0 bridgehead atoms. The van der Waals surface area contributed by atoms with Crippen LogP contribution in [-0.4, -0.2) is 55.7 Å². The van der Waals surface area contributed by atoms with E-state index in [0.717, 1.165) is 51.9 Å². The normalized spacial score (nSPS) is 22.5. The lowest BCUT2D eigenvalue weighted by Gasteiger charge is -2.36. The summed E-state index contributed by atoms with van der Waals surface area (Å²) < 4.78 is 18.3. The molecule has 1 aromatic rings. The predicted molar refractivity (Wildman–Crippen MR) is 81.7 cm³/mol. The number of likely N-dealkylation sites (tertiary alicyclic amines) is 1. The number of piperidine rings is 1. The maximum absolute atomic E-state index is 12.9. The third kappa shape index (κ3) is 4.50. The predicted octanol–water partition coefficient (Wildman–Crippen LogP) is 2.37. The molecule has 4 heteroatoms. The third-order valence-electron chi connectivity index (χ3n) is 4.65. The molecule has 0 N–H and O–H groups in total. The first-order chi connectivity index (χ1) is 10.3. The Balaban J connectivity index is 1.41. The molecule has 0 unspecified atom stereocenters. The average Bonchev–Trinajstić information content (AvgIpc) is 2.53. The van der Waals surface area contributed by atoms with E-state index in [1.807, 2.05) is 12.1 Å². The van der Waals surface area contributed by atoms with Gasteiger partial charge in [-0.25, -0.2) is 4.39 Å². The number of morpholine rings is 1. The number of nitrogens with zero attached hydrogens (tertiary/aromatic N) is 2. The van der Waals surface area contributed by atoms with Crippen LogP contribution in [0.2, 0.25) is 0 Å². The molecule has 2 heterocycles. The van der Waals surface area contributed by atoms with Gasteiger partial charge in [-0.15, -0.1) is 0 Å². The van der Waals surface area contributed by atoms with Gasteiger partial charge in [0.2, 0.25) is 0 Å². The van der Waals surface area contributed by atoms with Crippen LogP contribution >= 0.6 is 0 Å². The first kappa shape index (κ1) is 14.9. The average molecular weight is 292 g/mol. The van der Waals surface area contributed by atoms with Gasteiger partial charge in [0, 0.05) is 26.2 Å². The van der Waals surface area contributed by atoms with Crippen molar-refractivity contribution >= 4 is 0 Å². The van der Waals surface area contributed by atoms with Crippen LogP contribution in [0.1, 0.15) is 18.4 Å². The van der Waals surface area contributed by atoms with Crippen LogP contribution in [0.15, 0.2) is 24.3 Å². The second-order valence-corrected chi connectivity index (χ2v) is 6.26. The summed E-state index contributed by atoms with van der Waals surface area (Å²) in [7, 11) is 0. The summed E-state index contributed by atoms with van der Waals surface area (Å²) in [5.41, 5.74) is 1.21. The standard InChI is InChI=1S/C17H25FN2O/c18-17-3-1-15(2-4-17)13-19-7-5-16(6-8-19)14-20-9-11-21-12-10-20/h1-4,16H,5-14H2. The fraction of sp³-hybridized carbons (Fsp3) is 0.647. The van der Waals surface area contributed by atoms with Gasteiger partial charge in [-0.05, 0) is 49.5 Å². The molecule has 0 saturated carbocycles. The fourth-order valence-corrected chi connectivity index (χ4v) is 3.32. The van der Waals surface area contributed by atoms with Crippen LogP contribution in [-0.2, 0) is 11.3 Å². The summed E-state index contributed by atoms with van der Waals surface area (Å²) >= 11 is 0. The first-order valence-electron chi connectivity index (χ1n) is 8.06. The summed E-state index contributed by atoms with van der Waals surface area (Å²) in [5, 5.41) is 0. The molecule has 0 aromatic heterocycles. The second kappa shape index (κ2) is 7.34. The van der Waals surface area contributed by atoms with E-state index in [4.69, 9.17) is 4.74 Å². The van der Waals surface area contributed by atoms with E-state index in [2.05, 4.69) is 9.80 Å². The van der Waals surface area contributed by atoms with Crippen molar-refractivity contribution in [2.24, 2.45) is 5.92 Å². The monoisotopic (exact) mass is 292 g/mol. The number of ether oxygens (including phenoxy) is 1. The highest BCUT2D eigenvalue weighted by molar-refractivity contribution is 5.15. The first-order valence-corrected chi connectivity index (χ1v) is 8.06. The second-order valence-electron chi connectivity index (χ2n) is 6.26. The van der Waals surface area contributed by atoms with Gasteiger partial charge >= 0.3 is 0 Å². The van der Waals surface area contributed by atoms with Crippen LogP contribution < -0.4 is 0 Å². The van der Waals surface area contributed by atoms with Crippen molar-refractivity contribution in [2.45, 2.75) is 19.4 Å². The molecule has 0 amide bonds. The molecule has 0 atom stereocenters. The molecule has 2 aliphatic rings. The van der Waals surface area contributed by atoms with Crippen LogP contribution in [0.3, 0.4) is 0 Å². The molecule has 0 aliphatic carbocycles. The minimum absolute atomic E-state index is 0.150. The van der Waals surface area contributed by atoms with Crippen molar-refractivity contribution in [3.8, 4) is 0 Å². The highest BCUT2D eigenvalue weighted by Crippen LogP contribution is 2.20. The van der Waals surface area contributed by atoms with Crippen molar-refractivity contribution in [1.29, 1.82) is 0 Å². The molecule has 0 radical (unpaired) electrons. The molecule has 3 nitrogen and oxygen atoms in total. The largest absolute Gasteiger partial charge is 0.379 e. The lowest BCUT2D eigenvalue weighted by atomic mass is 9.95. The Morgan fingerprint density at radius 3 is 2.29 bits per heavy atom. The molecule has 2 saturated heterocycles. The van der Waals surface area contributed by atoms with Gasteiger partial charge in [-0.1, -0.05) is 12.1 Å². The van der Waals surface area contributed by atoms with Gasteiger partial charge in [0.15, 0.2) is 0 Å². The number of hydrogen-bond donors (Lipinski definition) is 0. The van der Waals surface area contributed by atoms with Crippen LogP contribution in [0.4, 0.5) is 4.39 Å². The van der Waals surface area contributed by atoms with Crippen molar-refractivity contribution in [3.05, 3.63) is 35.6 Å². The van der Waals surface area contributed by atoms with Gasteiger partial charge in [-0.3, -0.25) is 9.80 Å². The van der Waals surface area contributed by atoms with E-state index < -0.39 is 0 Å². The number of hydrogen-bond acceptors (Lipinski definition) is 3. The summed E-state index contributed by atoms with van der Waals surface area (Å²) in [4.78, 5) is 5.03. The minimum Gasteiger partial charge on any atom is -0.379 e. The third-order valence-corrected chi connectivity index (χ3v) is 4.65. The molecule has 2 aliphatic heterocycles. The molecule has 0 spiro atoms. The SMILES string of the molecule is Fc1ccc(CN2CCC(CN3CCOCC3)CC2)cc1. The number of rotatable bonds is 4. The Bertz CT molecular complexity index is 423. The van der Waals surface area contributed by atoms with Crippen LogP contribution in [0.5, 0.6) is 0 Å². The van der Waals surface area contributed by atoms with Gasteiger partial charge in [0.25, 0.3) is 0 Å². The summed E-state index contributed by atoms with van der Waals surface area (Å²) in [6.07, 6.45) is 2.55. The molecule has 21 heavy (non-hydrogen) atoms. The zero-order valence-electron chi connectivity index (χ0n) is 12.6. The van der Waals surface area contributed by atoms with E-state index >= 15 is 0 Å². The fourth-order valence-electron chi connectivity index (χ4n) is 3.32. The Kier molecular flexibility index (Phi) is 5.22. The number of halogens is 1. The van der Waals surface area contributed by atoms with Crippen molar-refractivity contribution < 1.29 is 9.13 Å². The quantitative estimate of drug-likeness (QED) is 0.847.